The maximum absolute atomic E-state index is 2.43. The largest absolute Gasteiger partial charge is 0.122 e. The number of thioether (sulfide) groups is 24. The van der Waals surface area contributed by atoms with Gasteiger partial charge < -0.3 is 0 Å². The molecule has 0 atom stereocenters. The van der Waals surface area contributed by atoms with Gasteiger partial charge in [0.2, 0.25) is 0 Å². The average molecular weight is 1500 g/mol. The van der Waals surface area contributed by atoms with E-state index in [1.165, 1.54) is 112 Å². The second-order valence-corrected chi connectivity index (χ2v) is 44.1. The number of hydrogen-bond donors (Lipinski definition) is 0. The van der Waals surface area contributed by atoms with Crippen LogP contribution < -0.4 is 0 Å². The number of benzene rings is 4. The van der Waals surface area contributed by atoms with Crippen LogP contribution in [0, 0.1) is 0 Å². The second-order valence-electron chi connectivity index (χ2n) is 17.1. The van der Waals surface area contributed by atoms with Crippen LogP contribution in [0.4, 0.5) is 0 Å². The van der Waals surface area contributed by atoms with E-state index in [1.54, 1.807) is 0 Å². The monoisotopic (exact) mass is 1500 g/mol. The molecule has 416 valence electrons. The van der Waals surface area contributed by atoms with Crippen LogP contribution in [0.2, 0.25) is 0 Å². The van der Waals surface area contributed by atoms with Crippen molar-refractivity contribution in [2.24, 2.45) is 0 Å². The van der Waals surface area contributed by atoms with Crippen molar-refractivity contribution in [2.75, 3.05) is 25.0 Å². The lowest BCUT2D eigenvalue weighted by atomic mass is 9.65. The van der Waals surface area contributed by atoms with Gasteiger partial charge in [-0.3, -0.25) is 0 Å². The summed E-state index contributed by atoms with van der Waals surface area (Å²) in [5, 5.41) is 18.6. The third-order valence-electron chi connectivity index (χ3n) is 12.2. The lowest BCUT2D eigenvalue weighted by Gasteiger charge is -2.37. The molecule has 0 saturated carbocycles. The first-order chi connectivity index (χ1) is 39.8. The molecule has 4 aromatic rings. The molecule has 0 saturated heterocycles. The minimum Gasteiger partial charge on any atom is -0.122 e. The molecule has 4 aromatic carbocycles. The minimum absolute atomic E-state index is 0.581. The van der Waals surface area contributed by atoms with Gasteiger partial charge in [-0.25, -0.2) is 0 Å². The molecule has 0 unspecified atom stereocenters. The molecule has 0 aliphatic carbocycles. The normalized spacial score (nSPS) is 22.9. The zero-order valence-electron chi connectivity index (χ0n) is 43.0. The average Bonchev–Trinajstić information content (AvgIpc) is 4.50. The van der Waals surface area contributed by atoms with E-state index >= 15 is 0 Å². The van der Waals surface area contributed by atoms with E-state index < -0.39 is 5.41 Å². The Morgan fingerprint density at radius 2 is 0.420 bits per heavy atom. The molecule has 8 heterocycles. The zero-order valence-corrected chi connectivity index (χ0v) is 62.6. The predicted octanol–water partition coefficient (Wildman–Crippen LogP) is 27.2. The van der Waals surface area contributed by atoms with E-state index in [2.05, 4.69) is 165 Å². The molecule has 12 rings (SSSR count). The van der Waals surface area contributed by atoms with Crippen LogP contribution in [0.15, 0.2) is 208 Å². The summed E-state index contributed by atoms with van der Waals surface area (Å²) in [5.74, 6) is 3.69. The Kier molecular flexibility index (Phi) is 24.2. The first-order valence-electron chi connectivity index (χ1n) is 24.2. The quantitative estimate of drug-likeness (QED) is 0.0770. The van der Waals surface area contributed by atoms with Gasteiger partial charge in [-0.2, -0.15) is 0 Å². The highest BCUT2D eigenvalue weighted by Crippen LogP contribution is 2.63. The van der Waals surface area contributed by atoms with Crippen LogP contribution in [-0.4, -0.2) is 25.0 Å². The van der Waals surface area contributed by atoms with Gasteiger partial charge in [0.05, 0.1) is 73.2 Å². The van der Waals surface area contributed by atoms with Crippen molar-refractivity contribution in [1.29, 1.82) is 0 Å². The maximum atomic E-state index is 2.43. The fourth-order valence-electron chi connectivity index (χ4n) is 8.28. The summed E-state index contributed by atoms with van der Waals surface area (Å²) in [6.45, 7) is 0. The summed E-state index contributed by atoms with van der Waals surface area (Å²) in [7, 11) is 0. The van der Waals surface area contributed by atoms with Crippen molar-refractivity contribution in [2.45, 2.75) is 28.4 Å². The molecule has 0 nitrogen and oxygen atoms in total. The summed E-state index contributed by atoms with van der Waals surface area (Å²) >= 11 is 45.6. The van der Waals surface area contributed by atoms with Crippen molar-refractivity contribution in [1.82, 2.24) is 0 Å². The molecule has 24 heteroatoms. The Balaban J connectivity index is 0.825. The van der Waals surface area contributed by atoms with Gasteiger partial charge in [0.15, 0.2) is 0 Å². The Morgan fingerprint density at radius 1 is 0.247 bits per heavy atom. The molecule has 0 radical (unpaired) electrons. The molecule has 0 spiro atoms. The van der Waals surface area contributed by atoms with Crippen molar-refractivity contribution >= 4 is 282 Å². The van der Waals surface area contributed by atoms with Gasteiger partial charge in [0.1, 0.15) is 0 Å². The smallest absolute Gasteiger partial charge is 0.0706 e. The standard InChI is InChI=1S/C57H44S24/c1-58-41-25-66-49(74-41)53-70-29-45(78-53)62-21-33-5-13-37(14-6-33)57(38-15-7-34(8-16-38)22-63-46-30-71-54(79-46)50-67-26-42(59-2)75-50,39-17-9-35(10-18-39)23-64-47-31-72-55(80-47)51-68-27-43(60-3)76-51)40-19-11-36(12-20-40)24-65-48-32-73-56(81-48)52-69-28-44(61-4)77-52/h5-20,25-32H,21-24H2,1-4H3/b53-49-,54-50-,55-51-,56-52-. The summed E-state index contributed by atoms with van der Waals surface area (Å²) in [4.78, 5) is 0. The van der Waals surface area contributed by atoms with Crippen molar-refractivity contribution in [3.8, 4) is 0 Å². The van der Waals surface area contributed by atoms with Crippen molar-refractivity contribution < 1.29 is 0 Å². The molecule has 8 aliphatic rings. The molecule has 0 aromatic heterocycles. The Labute approximate surface area is 579 Å². The maximum Gasteiger partial charge on any atom is 0.0706 e. The van der Waals surface area contributed by atoms with Gasteiger partial charge in [-0.1, -0.05) is 285 Å². The zero-order chi connectivity index (χ0) is 55.1. The lowest BCUT2D eigenvalue weighted by molar-refractivity contribution is 0.743. The van der Waals surface area contributed by atoms with Gasteiger partial charge >= 0.3 is 0 Å². The lowest BCUT2D eigenvalue weighted by Crippen LogP contribution is -2.31. The number of hydrogen-bond acceptors (Lipinski definition) is 24. The van der Waals surface area contributed by atoms with Crippen molar-refractivity contribution in [3.63, 3.8) is 0 Å². The fraction of sp³-hybridized carbons (Fsp3) is 0.158. The fourth-order valence-corrected chi connectivity index (χ4v) is 36.7. The molecule has 0 fully saturated rings. The van der Waals surface area contributed by atoms with Crippen LogP contribution in [0.5, 0.6) is 0 Å². The summed E-state index contributed by atoms with van der Waals surface area (Å²) in [6, 6.07) is 38.5. The van der Waals surface area contributed by atoms with E-state index in [0.29, 0.717) is 0 Å². The Morgan fingerprint density at radius 3 is 0.593 bits per heavy atom. The molecule has 0 bridgehead atoms. The molecule has 0 N–H and O–H groups in total. The molecule has 0 amide bonds. The molecule has 81 heavy (non-hydrogen) atoms. The van der Waals surface area contributed by atoms with Gasteiger partial charge in [0.25, 0.3) is 0 Å². The first-order valence-corrected chi connectivity index (χ1v) is 46.6. The number of rotatable bonds is 20. The summed E-state index contributed by atoms with van der Waals surface area (Å²) in [6.07, 6.45) is 8.67. The first kappa shape index (κ1) is 63.3. The topological polar surface area (TPSA) is 0 Å². The predicted molar refractivity (Wildman–Crippen MR) is 418 cm³/mol. The second kappa shape index (κ2) is 31.0. The van der Waals surface area contributed by atoms with Crippen LogP contribution >= 0.6 is 282 Å². The van der Waals surface area contributed by atoms with Crippen molar-refractivity contribution in [3.05, 3.63) is 253 Å². The SMILES string of the molecule is CSC1=CS/C(=C2\SC=C(SCc3ccc(C(c4ccc(CSC5=CS/C(=C6\SC=C(SC)S6)S5)cc4)(c4ccc(CSC5=CS/C(=C6\SC=C(SC)S6)S5)cc4)c4ccc(CSC5=CS/C(=C6\SC=C(SC)S6)S5)cc4)cc3)S2)S1. The van der Waals surface area contributed by atoms with Gasteiger partial charge in [-0.15, -0.1) is 94.1 Å². The van der Waals surface area contributed by atoms with E-state index in [1.807, 2.05) is 282 Å². The molecular formula is C57H44S24. The summed E-state index contributed by atoms with van der Waals surface area (Å²) in [5.41, 5.74) is 9.85. The van der Waals surface area contributed by atoms with Crippen LogP contribution in [0.1, 0.15) is 44.5 Å². The third kappa shape index (κ3) is 15.9. The van der Waals surface area contributed by atoms with E-state index in [0.717, 1.165) is 23.0 Å². The van der Waals surface area contributed by atoms with Gasteiger partial charge in [-0.05, 0) is 113 Å². The summed E-state index contributed by atoms with van der Waals surface area (Å²) < 4.78 is 22.3. The Bertz CT molecular complexity index is 2990. The van der Waals surface area contributed by atoms with Crippen LogP contribution in [-0.2, 0) is 28.4 Å². The van der Waals surface area contributed by atoms with Gasteiger partial charge in [0, 0.05) is 23.0 Å². The minimum atomic E-state index is -0.581. The highest BCUT2D eigenvalue weighted by atomic mass is 32.3. The third-order valence-corrected chi connectivity index (χ3v) is 43.8. The van der Waals surface area contributed by atoms with E-state index in [9.17, 15) is 0 Å². The van der Waals surface area contributed by atoms with E-state index in [-0.39, 0.29) is 0 Å². The van der Waals surface area contributed by atoms with Crippen LogP contribution in [0.25, 0.3) is 0 Å². The van der Waals surface area contributed by atoms with Crippen LogP contribution in [0.3, 0.4) is 0 Å². The highest BCUT2D eigenvalue weighted by Gasteiger charge is 2.39. The Hall–Kier alpha value is 2.16. The van der Waals surface area contributed by atoms with E-state index in [4.69, 9.17) is 0 Å². The molecular weight excluding hydrogens is 1450 g/mol. The molecule has 8 aliphatic heterocycles. The highest BCUT2D eigenvalue weighted by molar-refractivity contribution is 8.43.